The summed E-state index contributed by atoms with van der Waals surface area (Å²) in [6, 6.07) is 0. The minimum Gasteiger partial charge on any atom is -0.375 e. The SMILES string of the molecule is O=C(CCc1cnccn1)N1CCC(OC2CCCC2)CC1. The lowest BCUT2D eigenvalue weighted by molar-refractivity contribution is -0.134. The van der Waals surface area contributed by atoms with Crippen molar-refractivity contribution in [1.29, 1.82) is 0 Å². The van der Waals surface area contributed by atoms with Crippen LogP contribution in [-0.2, 0) is 16.0 Å². The fourth-order valence-electron chi connectivity index (χ4n) is 3.39. The van der Waals surface area contributed by atoms with E-state index in [1.807, 2.05) is 4.90 Å². The molecule has 1 saturated heterocycles. The molecule has 120 valence electrons. The van der Waals surface area contributed by atoms with Gasteiger partial charge in [-0.2, -0.15) is 0 Å². The van der Waals surface area contributed by atoms with E-state index in [9.17, 15) is 4.79 Å². The van der Waals surface area contributed by atoms with Crippen molar-refractivity contribution in [3.8, 4) is 0 Å². The van der Waals surface area contributed by atoms with E-state index < -0.39 is 0 Å². The number of amides is 1. The van der Waals surface area contributed by atoms with Gasteiger partial charge < -0.3 is 9.64 Å². The van der Waals surface area contributed by atoms with Gasteiger partial charge in [-0.05, 0) is 32.1 Å². The number of likely N-dealkylation sites (tertiary alicyclic amines) is 1. The number of rotatable bonds is 5. The highest BCUT2D eigenvalue weighted by Crippen LogP contribution is 2.25. The molecule has 2 aliphatic rings. The molecule has 0 radical (unpaired) electrons. The molecular formula is C17H25N3O2. The van der Waals surface area contributed by atoms with Crippen LogP contribution in [0, 0.1) is 0 Å². The summed E-state index contributed by atoms with van der Waals surface area (Å²) in [5.74, 6) is 0.227. The average molecular weight is 303 g/mol. The number of carbonyl (C=O) groups excluding carboxylic acids is 1. The molecule has 22 heavy (non-hydrogen) atoms. The van der Waals surface area contributed by atoms with Crippen LogP contribution in [0.15, 0.2) is 18.6 Å². The van der Waals surface area contributed by atoms with Crippen LogP contribution in [-0.4, -0.2) is 46.1 Å². The number of hydrogen-bond donors (Lipinski definition) is 0. The molecule has 0 atom stereocenters. The quantitative estimate of drug-likeness (QED) is 0.838. The third-order valence-electron chi connectivity index (χ3n) is 4.69. The maximum atomic E-state index is 12.3. The molecule has 2 heterocycles. The number of piperidine rings is 1. The zero-order valence-corrected chi connectivity index (χ0v) is 13.1. The van der Waals surface area contributed by atoms with Crippen LogP contribution in [0.4, 0.5) is 0 Å². The Hall–Kier alpha value is -1.49. The third-order valence-corrected chi connectivity index (χ3v) is 4.69. The van der Waals surface area contributed by atoms with Crippen molar-refractivity contribution in [1.82, 2.24) is 14.9 Å². The van der Waals surface area contributed by atoms with Crippen molar-refractivity contribution >= 4 is 5.91 Å². The van der Waals surface area contributed by atoms with Crippen LogP contribution < -0.4 is 0 Å². The highest BCUT2D eigenvalue weighted by Gasteiger charge is 2.26. The summed E-state index contributed by atoms with van der Waals surface area (Å²) in [6.45, 7) is 1.66. The van der Waals surface area contributed by atoms with E-state index >= 15 is 0 Å². The largest absolute Gasteiger partial charge is 0.375 e. The maximum Gasteiger partial charge on any atom is 0.222 e. The fraction of sp³-hybridized carbons (Fsp3) is 0.706. The Balaban J connectivity index is 1.38. The first-order valence-electron chi connectivity index (χ1n) is 8.49. The zero-order valence-electron chi connectivity index (χ0n) is 13.1. The lowest BCUT2D eigenvalue weighted by atomic mass is 10.1. The molecule has 1 aliphatic carbocycles. The van der Waals surface area contributed by atoms with Gasteiger partial charge in [0.05, 0.1) is 17.9 Å². The van der Waals surface area contributed by atoms with Gasteiger partial charge in [0.25, 0.3) is 0 Å². The van der Waals surface area contributed by atoms with Gasteiger partial charge >= 0.3 is 0 Å². The molecule has 1 amide bonds. The molecule has 5 heteroatoms. The Labute approximate surface area is 132 Å². The van der Waals surface area contributed by atoms with Crippen LogP contribution in [0.2, 0.25) is 0 Å². The van der Waals surface area contributed by atoms with E-state index in [2.05, 4.69) is 9.97 Å². The Morgan fingerprint density at radius 3 is 2.55 bits per heavy atom. The summed E-state index contributed by atoms with van der Waals surface area (Å²) in [6.07, 6.45) is 14.1. The molecule has 1 aliphatic heterocycles. The van der Waals surface area contributed by atoms with Crippen molar-refractivity contribution in [2.45, 2.75) is 63.6 Å². The van der Waals surface area contributed by atoms with Crippen molar-refractivity contribution in [3.05, 3.63) is 24.3 Å². The van der Waals surface area contributed by atoms with Crippen molar-refractivity contribution in [2.24, 2.45) is 0 Å². The van der Waals surface area contributed by atoms with Crippen molar-refractivity contribution in [3.63, 3.8) is 0 Å². The smallest absolute Gasteiger partial charge is 0.222 e. The maximum absolute atomic E-state index is 12.3. The molecule has 0 unspecified atom stereocenters. The molecule has 0 aromatic carbocycles. The number of ether oxygens (including phenoxy) is 1. The second-order valence-electron chi connectivity index (χ2n) is 6.32. The zero-order chi connectivity index (χ0) is 15.2. The van der Waals surface area contributed by atoms with Gasteiger partial charge in [-0.15, -0.1) is 0 Å². The lowest BCUT2D eigenvalue weighted by Gasteiger charge is -2.33. The average Bonchev–Trinajstić information content (AvgIpc) is 3.07. The molecule has 1 aromatic rings. The molecule has 2 fully saturated rings. The molecule has 0 N–H and O–H groups in total. The van der Waals surface area contributed by atoms with E-state index in [0.29, 0.717) is 25.0 Å². The monoisotopic (exact) mass is 303 g/mol. The van der Waals surface area contributed by atoms with E-state index in [0.717, 1.165) is 31.6 Å². The van der Waals surface area contributed by atoms with E-state index in [-0.39, 0.29) is 5.91 Å². The van der Waals surface area contributed by atoms with E-state index in [1.165, 1.54) is 25.7 Å². The predicted octanol–water partition coefficient (Wildman–Crippen LogP) is 2.36. The first-order chi connectivity index (χ1) is 10.8. The predicted molar refractivity (Wildman–Crippen MR) is 83.3 cm³/mol. The summed E-state index contributed by atoms with van der Waals surface area (Å²) in [5.41, 5.74) is 0.885. The van der Waals surface area contributed by atoms with E-state index in [4.69, 9.17) is 4.74 Å². The number of hydrogen-bond acceptors (Lipinski definition) is 4. The van der Waals surface area contributed by atoms with Crippen LogP contribution in [0.1, 0.15) is 50.6 Å². The number of aromatic nitrogens is 2. The Morgan fingerprint density at radius 1 is 1.14 bits per heavy atom. The lowest BCUT2D eigenvalue weighted by Crippen LogP contribution is -2.41. The minimum atomic E-state index is 0.227. The first-order valence-corrected chi connectivity index (χ1v) is 8.49. The number of nitrogens with zero attached hydrogens (tertiary/aromatic N) is 3. The van der Waals surface area contributed by atoms with Gasteiger partial charge in [-0.25, -0.2) is 0 Å². The van der Waals surface area contributed by atoms with Gasteiger partial charge in [0.2, 0.25) is 5.91 Å². The van der Waals surface area contributed by atoms with Gasteiger partial charge in [-0.3, -0.25) is 14.8 Å². The van der Waals surface area contributed by atoms with Crippen LogP contribution in [0.25, 0.3) is 0 Å². The van der Waals surface area contributed by atoms with Crippen molar-refractivity contribution in [2.75, 3.05) is 13.1 Å². The fourth-order valence-corrected chi connectivity index (χ4v) is 3.39. The first kappa shape index (κ1) is 15.4. The third kappa shape index (κ3) is 4.26. The Morgan fingerprint density at radius 2 is 1.86 bits per heavy atom. The molecule has 0 bridgehead atoms. The number of aryl methyl sites for hydroxylation is 1. The van der Waals surface area contributed by atoms with Crippen LogP contribution in [0.3, 0.4) is 0 Å². The summed E-state index contributed by atoms with van der Waals surface area (Å²) < 4.78 is 6.15. The summed E-state index contributed by atoms with van der Waals surface area (Å²) in [4.78, 5) is 22.5. The minimum absolute atomic E-state index is 0.227. The normalized spacial score (nSPS) is 20.5. The topological polar surface area (TPSA) is 55.3 Å². The molecule has 1 saturated carbocycles. The Bertz CT molecular complexity index is 466. The van der Waals surface area contributed by atoms with Gasteiger partial charge in [-0.1, -0.05) is 12.8 Å². The van der Waals surface area contributed by atoms with Crippen LogP contribution in [0.5, 0.6) is 0 Å². The molecule has 0 spiro atoms. The second kappa shape index (κ2) is 7.68. The molecule has 1 aromatic heterocycles. The van der Waals surface area contributed by atoms with E-state index in [1.54, 1.807) is 18.6 Å². The summed E-state index contributed by atoms with van der Waals surface area (Å²) in [5, 5.41) is 0. The molecule has 5 nitrogen and oxygen atoms in total. The summed E-state index contributed by atoms with van der Waals surface area (Å²) in [7, 11) is 0. The molecular weight excluding hydrogens is 278 g/mol. The van der Waals surface area contributed by atoms with Gasteiger partial charge in [0, 0.05) is 38.1 Å². The van der Waals surface area contributed by atoms with Gasteiger partial charge in [0.1, 0.15) is 0 Å². The highest BCUT2D eigenvalue weighted by molar-refractivity contribution is 5.76. The second-order valence-corrected chi connectivity index (χ2v) is 6.32. The van der Waals surface area contributed by atoms with Crippen LogP contribution >= 0.6 is 0 Å². The summed E-state index contributed by atoms with van der Waals surface area (Å²) >= 11 is 0. The number of carbonyl (C=O) groups is 1. The van der Waals surface area contributed by atoms with Gasteiger partial charge in [0.15, 0.2) is 0 Å². The standard InChI is InChI=1S/C17H25N3O2/c21-17(6-5-14-13-18-9-10-19-14)20-11-7-16(8-12-20)22-15-3-1-2-4-15/h9-10,13,15-16H,1-8,11-12H2. The molecule has 3 rings (SSSR count). The van der Waals surface area contributed by atoms with Crippen molar-refractivity contribution < 1.29 is 9.53 Å². The highest BCUT2D eigenvalue weighted by atomic mass is 16.5. The Kier molecular flexibility index (Phi) is 5.38.